The summed E-state index contributed by atoms with van der Waals surface area (Å²) < 4.78 is 12.1. The van der Waals surface area contributed by atoms with Crippen molar-refractivity contribution in [2.45, 2.75) is 0 Å². The summed E-state index contributed by atoms with van der Waals surface area (Å²) in [4.78, 5) is 12.3. The minimum atomic E-state index is -0.162. The fourth-order valence-corrected chi connectivity index (χ4v) is 2.39. The van der Waals surface area contributed by atoms with Crippen LogP contribution in [0.15, 0.2) is 59.4 Å². The molecular formula is C17H16N2O3. The van der Waals surface area contributed by atoms with Crippen molar-refractivity contribution in [3.63, 3.8) is 0 Å². The molecule has 1 N–H and O–H groups in total. The molecule has 5 heteroatoms. The number of ether oxygens (including phenoxy) is 2. The number of methoxy groups -OCH3 is 2. The van der Waals surface area contributed by atoms with Gasteiger partial charge in [-0.05, 0) is 24.3 Å². The SMILES string of the molecule is COc1ccccc1-c1cc(=O)n(-c2ccccc2OC)[nH]1. The molecule has 2 aromatic carbocycles. The van der Waals surface area contributed by atoms with E-state index in [0.717, 1.165) is 5.56 Å². The van der Waals surface area contributed by atoms with Crippen molar-refractivity contribution in [2.24, 2.45) is 0 Å². The molecule has 0 saturated carbocycles. The van der Waals surface area contributed by atoms with E-state index >= 15 is 0 Å². The lowest BCUT2D eigenvalue weighted by Gasteiger charge is -2.09. The van der Waals surface area contributed by atoms with Gasteiger partial charge in [0.25, 0.3) is 5.56 Å². The van der Waals surface area contributed by atoms with Gasteiger partial charge in [0, 0.05) is 11.6 Å². The molecule has 0 aliphatic rings. The highest BCUT2D eigenvalue weighted by atomic mass is 16.5. The van der Waals surface area contributed by atoms with Crippen molar-refractivity contribution in [1.29, 1.82) is 0 Å². The molecule has 0 amide bonds. The predicted molar refractivity (Wildman–Crippen MR) is 84.9 cm³/mol. The Morgan fingerprint density at radius 2 is 1.55 bits per heavy atom. The summed E-state index contributed by atoms with van der Waals surface area (Å²) in [5.41, 5.74) is 2.02. The third-order valence-corrected chi connectivity index (χ3v) is 3.44. The van der Waals surface area contributed by atoms with Crippen molar-refractivity contribution in [3.8, 4) is 28.4 Å². The zero-order valence-corrected chi connectivity index (χ0v) is 12.4. The van der Waals surface area contributed by atoms with Crippen LogP contribution in [0.1, 0.15) is 0 Å². The van der Waals surface area contributed by atoms with E-state index in [2.05, 4.69) is 5.10 Å². The van der Waals surface area contributed by atoms with Gasteiger partial charge in [-0.1, -0.05) is 24.3 Å². The van der Waals surface area contributed by atoms with Gasteiger partial charge in [-0.2, -0.15) is 0 Å². The van der Waals surface area contributed by atoms with Crippen molar-refractivity contribution in [1.82, 2.24) is 9.78 Å². The van der Waals surface area contributed by atoms with Gasteiger partial charge >= 0.3 is 0 Å². The molecule has 1 aromatic heterocycles. The van der Waals surface area contributed by atoms with Gasteiger partial charge in [0.15, 0.2) is 0 Å². The van der Waals surface area contributed by atoms with E-state index in [-0.39, 0.29) is 5.56 Å². The smallest absolute Gasteiger partial charge is 0.271 e. The number of benzene rings is 2. The number of aromatic nitrogens is 2. The summed E-state index contributed by atoms with van der Waals surface area (Å²) in [6, 6.07) is 16.4. The first kappa shape index (κ1) is 14.0. The second-order valence-corrected chi connectivity index (χ2v) is 4.72. The summed E-state index contributed by atoms with van der Waals surface area (Å²) in [6.45, 7) is 0. The van der Waals surface area contributed by atoms with Gasteiger partial charge in [-0.25, -0.2) is 4.68 Å². The molecule has 0 fully saturated rings. The van der Waals surface area contributed by atoms with E-state index in [9.17, 15) is 4.79 Å². The van der Waals surface area contributed by atoms with E-state index in [1.165, 1.54) is 4.68 Å². The summed E-state index contributed by atoms with van der Waals surface area (Å²) in [5, 5.41) is 3.11. The first-order chi connectivity index (χ1) is 10.7. The predicted octanol–water partition coefficient (Wildman–Crippen LogP) is 2.85. The lowest BCUT2D eigenvalue weighted by molar-refractivity contribution is 0.411. The van der Waals surface area contributed by atoms with Crippen molar-refractivity contribution in [2.75, 3.05) is 14.2 Å². The minimum Gasteiger partial charge on any atom is -0.496 e. The summed E-state index contributed by atoms with van der Waals surface area (Å²) >= 11 is 0. The third kappa shape index (κ3) is 2.37. The van der Waals surface area contributed by atoms with Crippen molar-refractivity contribution in [3.05, 3.63) is 65.0 Å². The number of hydrogen-bond acceptors (Lipinski definition) is 3. The van der Waals surface area contributed by atoms with Gasteiger partial charge in [-0.3, -0.25) is 9.89 Å². The fourth-order valence-electron chi connectivity index (χ4n) is 2.39. The van der Waals surface area contributed by atoms with Crippen LogP contribution in [0.5, 0.6) is 11.5 Å². The average Bonchev–Trinajstić information content (AvgIpc) is 2.96. The van der Waals surface area contributed by atoms with Crippen molar-refractivity contribution < 1.29 is 9.47 Å². The van der Waals surface area contributed by atoms with Crippen molar-refractivity contribution >= 4 is 0 Å². The highest BCUT2D eigenvalue weighted by Gasteiger charge is 2.13. The number of para-hydroxylation sites is 3. The van der Waals surface area contributed by atoms with E-state index in [4.69, 9.17) is 9.47 Å². The second-order valence-electron chi connectivity index (χ2n) is 4.72. The highest BCUT2D eigenvalue weighted by Crippen LogP contribution is 2.28. The monoisotopic (exact) mass is 296 g/mol. The molecular weight excluding hydrogens is 280 g/mol. The molecule has 0 spiro atoms. The maximum absolute atomic E-state index is 12.3. The fraction of sp³-hybridized carbons (Fsp3) is 0.118. The molecule has 112 valence electrons. The molecule has 0 aliphatic heterocycles. The largest absolute Gasteiger partial charge is 0.496 e. The van der Waals surface area contributed by atoms with Gasteiger partial charge in [0.05, 0.1) is 19.9 Å². The van der Waals surface area contributed by atoms with Crippen LogP contribution in [-0.2, 0) is 0 Å². The van der Waals surface area contributed by atoms with Gasteiger partial charge in [0.1, 0.15) is 17.2 Å². The molecule has 1 heterocycles. The van der Waals surface area contributed by atoms with Crippen LogP contribution < -0.4 is 15.0 Å². The van der Waals surface area contributed by atoms with Crippen LogP contribution >= 0.6 is 0 Å². The van der Waals surface area contributed by atoms with Crippen LogP contribution in [0.25, 0.3) is 16.9 Å². The molecule has 0 aliphatic carbocycles. The maximum Gasteiger partial charge on any atom is 0.271 e. The maximum atomic E-state index is 12.3. The van der Waals surface area contributed by atoms with Gasteiger partial charge < -0.3 is 9.47 Å². The van der Waals surface area contributed by atoms with E-state index < -0.39 is 0 Å². The summed E-state index contributed by atoms with van der Waals surface area (Å²) in [5.74, 6) is 1.33. The molecule has 5 nitrogen and oxygen atoms in total. The first-order valence-electron chi connectivity index (χ1n) is 6.83. The zero-order valence-electron chi connectivity index (χ0n) is 12.4. The van der Waals surface area contributed by atoms with Gasteiger partial charge in [0.2, 0.25) is 0 Å². The number of H-pyrrole nitrogens is 1. The average molecular weight is 296 g/mol. The Morgan fingerprint density at radius 3 is 2.27 bits per heavy atom. The van der Waals surface area contributed by atoms with Crippen LogP contribution in [-0.4, -0.2) is 24.0 Å². The topological polar surface area (TPSA) is 56.2 Å². The van der Waals surface area contributed by atoms with Crippen LogP contribution in [0.3, 0.4) is 0 Å². The van der Waals surface area contributed by atoms with Crippen LogP contribution in [0.4, 0.5) is 0 Å². The molecule has 0 bridgehead atoms. The molecule has 3 aromatic rings. The number of aromatic amines is 1. The number of hydrogen-bond donors (Lipinski definition) is 1. The molecule has 0 atom stereocenters. The Hall–Kier alpha value is -2.95. The van der Waals surface area contributed by atoms with Crippen LogP contribution in [0, 0.1) is 0 Å². The third-order valence-electron chi connectivity index (χ3n) is 3.44. The zero-order chi connectivity index (χ0) is 15.5. The lowest BCUT2D eigenvalue weighted by Crippen LogP contribution is -2.14. The summed E-state index contributed by atoms with van der Waals surface area (Å²) in [7, 11) is 3.18. The standard InChI is InChI=1S/C17H16N2O3/c1-21-15-9-5-3-7-12(15)13-11-17(20)19(18-13)14-8-4-6-10-16(14)22-2/h3-11,18H,1-2H3. The molecule has 3 rings (SSSR count). The van der Waals surface area contributed by atoms with Gasteiger partial charge in [-0.15, -0.1) is 0 Å². The molecule has 0 unspecified atom stereocenters. The summed E-state index contributed by atoms with van der Waals surface area (Å²) in [6.07, 6.45) is 0. The Kier molecular flexibility index (Phi) is 3.70. The van der Waals surface area contributed by atoms with E-state index in [0.29, 0.717) is 22.9 Å². The Balaban J connectivity index is 2.14. The number of nitrogens with zero attached hydrogens (tertiary/aromatic N) is 1. The van der Waals surface area contributed by atoms with Crippen LogP contribution in [0.2, 0.25) is 0 Å². The molecule has 0 saturated heterocycles. The van der Waals surface area contributed by atoms with E-state index in [1.807, 2.05) is 48.5 Å². The Morgan fingerprint density at radius 1 is 0.909 bits per heavy atom. The number of nitrogens with one attached hydrogen (secondary N) is 1. The lowest BCUT2D eigenvalue weighted by atomic mass is 10.1. The Labute approximate surface area is 127 Å². The second kappa shape index (κ2) is 5.81. The highest BCUT2D eigenvalue weighted by molar-refractivity contribution is 5.67. The molecule has 22 heavy (non-hydrogen) atoms. The molecule has 0 radical (unpaired) electrons. The minimum absolute atomic E-state index is 0.162. The normalized spacial score (nSPS) is 10.5. The number of rotatable bonds is 4. The van der Waals surface area contributed by atoms with E-state index in [1.54, 1.807) is 20.3 Å². The quantitative estimate of drug-likeness (QED) is 0.805. The first-order valence-corrected chi connectivity index (χ1v) is 6.83. The Bertz CT molecular complexity index is 849.